The molecule has 0 aromatic heterocycles. The molecule has 0 amide bonds. The smallest absolute Gasteiger partial charge is 0 e. The molecule has 0 saturated heterocycles. The first-order chi connectivity index (χ1) is 0. The zero-order valence-corrected chi connectivity index (χ0v) is 7.18. The Balaban J connectivity index is 0. The van der Waals surface area contributed by atoms with Crippen molar-refractivity contribution in [3.63, 3.8) is 0 Å². The minimum absolute atomic E-state index is 0. The van der Waals surface area contributed by atoms with Crippen LogP contribution in [0.3, 0.4) is 0 Å². The summed E-state index contributed by atoms with van der Waals surface area (Å²) >= 11 is 0. The van der Waals surface area contributed by atoms with Crippen LogP contribution in [-0.2, 0) is 55.9 Å². The van der Waals surface area contributed by atoms with Gasteiger partial charge in [-0.2, -0.15) is 0 Å². The van der Waals surface area contributed by atoms with E-state index in [0.29, 0.717) is 0 Å². The topological polar surface area (TPSA) is 126 Å². The van der Waals surface area contributed by atoms with E-state index in [9.17, 15) is 0 Å². The van der Waals surface area contributed by atoms with Crippen LogP contribution in [0.1, 0.15) is 0 Å². The molecule has 0 aliphatic carbocycles. The molecule has 0 aromatic carbocycles. The molecule has 0 aliphatic rings. The molecule has 0 bridgehead atoms. The van der Waals surface area contributed by atoms with Gasteiger partial charge in [0.2, 0.25) is 0 Å². The van der Waals surface area contributed by atoms with Crippen LogP contribution in [-0.4, -0.2) is 21.9 Å². The molecule has 0 aromatic rings. The van der Waals surface area contributed by atoms with Gasteiger partial charge in [-0.25, -0.2) is 0 Å². The van der Waals surface area contributed by atoms with Crippen molar-refractivity contribution in [1.29, 1.82) is 0 Å². The SMILES string of the molecule is O.O.O.O.[Mn].[Mn].[Ti]. The fraction of sp³-hybridized carbons (Fsp3) is 0. The van der Waals surface area contributed by atoms with Gasteiger partial charge in [0.25, 0.3) is 0 Å². The van der Waals surface area contributed by atoms with E-state index in [-0.39, 0.29) is 77.8 Å². The second kappa shape index (κ2) is 130. The van der Waals surface area contributed by atoms with Crippen molar-refractivity contribution in [2.45, 2.75) is 0 Å². The minimum Gasteiger partial charge on any atom is -0.412 e. The summed E-state index contributed by atoms with van der Waals surface area (Å²) in [7, 11) is 0. The van der Waals surface area contributed by atoms with Crippen molar-refractivity contribution in [3.05, 3.63) is 0 Å². The Morgan fingerprint density at radius 1 is 0.429 bits per heavy atom. The third kappa shape index (κ3) is 93.6. The fourth-order valence-corrected chi connectivity index (χ4v) is 0. The maximum absolute atomic E-state index is 0. The van der Waals surface area contributed by atoms with Gasteiger partial charge in [0, 0.05) is 55.9 Å². The van der Waals surface area contributed by atoms with Crippen LogP contribution in [0, 0.1) is 0 Å². The Kier molecular flexibility index (Phi) is 3630. The van der Waals surface area contributed by atoms with E-state index in [1.807, 2.05) is 0 Å². The molecule has 0 aliphatic heterocycles. The summed E-state index contributed by atoms with van der Waals surface area (Å²) in [6.07, 6.45) is 0. The molecule has 0 unspecified atom stereocenters. The first-order valence-electron chi connectivity index (χ1n) is 0. The predicted molar refractivity (Wildman–Crippen MR) is 14.5 cm³/mol. The Bertz CT molecular complexity index is 9.65. The van der Waals surface area contributed by atoms with Gasteiger partial charge in [-0.15, -0.1) is 0 Å². The van der Waals surface area contributed by atoms with Crippen molar-refractivity contribution < 1.29 is 77.8 Å². The molecule has 0 fully saturated rings. The average molecular weight is 230 g/mol. The van der Waals surface area contributed by atoms with Crippen molar-refractivity contribution >= 4 is 0 Å². The predicted octanol–water partition coefficient (Wildman–Crippen LogP) is -3.31. The standard InChI is InChI=1S/2Mn.4H2O.Ti/h;;4*1H2;. The van der Waals surface area contributed by atoms with Gasteiger partial charge in [-0.05, 0) is 0 Å². The van der Waals surface area contributed by atoms with Crippen molar-refractivity contribution in [2.24, 2.45) is 0 Å². The second-order valence-corrected chi connectivity index (χ2v) is 0. The summed E-state index contributed by atoms with van der Waals surface area (Å²) in [4.78, 5) is 0. The normalized spacial score (nSPS) is 0. The molecule has 0 saturated carbocycles. The van der Waals surface area contributed by atoms with Crippen LogP contribution < -0.4 is 0 Å². The van der Waals surface area contributed by atoms with Crippen LogP contribution >= 0.6 is 0 Å². The van der Waals surface area contributed by atoms with Crippen LogP contribution in [0.25, 0.3) is 0 Å². The van der Waals surface area contributed by atoms with Crippen molar-refractivity contribution in [1.82, 2.24) is 0 Å². The summed E-state index contributed by atoms with van der Waals surface area (Å²) in [5.41, 5.74) is 0. The van der Waals surface area contributed by atoms with Crippen LogP contribution in [0.5, 0.6) is 0 Å². The molecule has 0 atom stereocenters. The van der Waals surface area contributed by atoms with Gasteiger partial charge in [0.15, 0.2) is 0 Å². The van der Waals surface area contributed by atoms with Gasteiger partial charge in [-0.3, -0.25) is 0 Å². The number of hydrogen-bond acceptors (Lipinski definition) is 0. The fourth-order valence-electron chi connectivity index (χ4n) is 0. The van der Waals surface area contributed by atoms with Gasteiger partial charge < -0.3 is 21.9 Å². The van der Waals surface area contributed by atoms with Crippen LogP contribution in [0.15, 0.2) is 0 Å². The van der Waals surface area contributed by atoms with E-state index in [1.54, 1.807) is 0 Å². The zero-order valence-electron chi connectivity index (χ0n) is 3.26. The molecule has 4 nitrogen and oxygen atoms in total. The Labute approximate surface area is 77.5 Å². The molecule has 50 valence electrons. The molecule has 0 rings (SSSR count). The molecule has 7 heteroatoms. The molecular formula is H8Mn2O4Ti. The number of rotatable bonds is 0. The Morgan fingerprint density at radius 2 is 0.429 bits per heavy atom. The third-order valence-corrected chi connectivity index (χ3v) is 0. The second-order valence-electron chi connectivity index (χ2n) is 0. The van der Waals surface area contributed by atoms with Gasteiger partial charge in [0.1, 0.15) is 0 Å². The van der Waals surface area contributed by atoms with E-state index in [4.69, 9.17) is 0 Å². The van der Waals surface area contributed by atoms with E-state index in [1.165, 1.54) is 0 Å². The molecule has 0 heterocycles. The van der Waals surface area contributed by atoms with Gasteiger partial charge >= 0.3 is 0 Å². The quantitative estimate of drug-likeness (QED) is 0.386. The summed E-state index contributed by atoms with van der Waals surface area (Å²) < 4.78 is 0. The molecular weight excluding hydrogens is 222 g/mol. The molecule has 0 spiro atoms. The molecule has 8 N–H and O–H groups in total. The van der Waals surface area contributed by atoms with E-state index < -0.39 is 0 Å². The van der Waals surface area contributed by atoms with E-state index in [0.717, 1.165) is 0 Å². The first kappa shape index (κ1) is 195. The molecule has 7 heavy (non-hydrogen) atoms. The first-order valence-corrected chi connectivity index (χ1v) is 0. The van der Waals surface area contributed by atoms with Gasteiger partial charge in [-0.1, -0.05) is 0 Å². The summed E-state index contributed by atoms with van der Waals surface area (Å²) in [6.45, 7) is 0. The third-order valence-electron chi connectivity index (χ3n) is 0. The van der Waals surface area contributed by atoms with Crippen molar-refractivity contribution in [3.8, 4) is 0 Å². The Morgan fingerprint density at radius 3 is 0.429 bits per heavy atom. The van der Waals surface area contributed by atoms with Crippen LogP contribution in [0.4, 0.5) is 0 Å². The summed E-state index contributed by atoms with van der Waals surface area (Å²) in [6, 6.07) is 0. The zero-order chi connectivity index (χ0) is 0. The monoisotopic (exact) mass is 230 g/mol. The summed E-state index contributed by atoms with van der Waals surface area (Å²) in [5, 5.41) is 0. The Hall–Kier alpha value is 1.59. The number of hydrogen-bond donors (Lipinski definition) is 0. The van der Waals surface area contributed by atoms with E-state index >= 15 is 0 Å². The average Bonchev–Trinajstić information content (AvgIpc) is 0. The van der Waals surface area contributed by atoms with E-state index in [2.05, 4.69) is 0 Å². The maximum Gasteiger partial charge on any atom is 0 e. The van der Waals surface area contributed by atoms with Gasteiger partial charge in [0.05, 0.1) is 0 Å². The molecule has 2 radical (unpaired) electrons. The van der Waals surface area contributed by atoms with Crippen LogP contribution in [0.2, 0.25) is 0 Å². The largest absolute Gasteiger partial charge is 0.412 e. The maximum atomic E-state index is 0. The van der Waals surface area contributed by atoms with Crippen molar-refractivity contribution in [2.75, 3.05) is 0 Å². The summed E-state index contributed by atoms with van der Waals surface area (Å²) in [5.74, 6) is 0. The minimum atomic E-state index is 0.